The van der Waals surface area contributed by atoms with Gasteiger partial charge in [-0.1, -0.05) is 0 Å². The molecule has 1 amide bonds. The molecule has 2 rings (SSSR count). The molecule has 0 bridgehead atoms. The van der Waals surface area contributed by atoms with Gasteiger partial charge in [-0.05, 0) is 0 Å². The predicted molar refractivity (Wildman–Crippen MR) is 149 cm³/mol. The first-order chi connectivity index (χ1) is 17.4. The second-order valence-electron chi connectivity index (χ2n) is 10.0. The van der Waals surface area contributed by atoms with Gasteiger partial charge in [0.1, 0.15) is 0 Å². The fourth-order valence-electron chi connectivity index (χ4n) is 5.53. The zero-order chi connectivity index (χ0) is 26.6. The SMILES string of the molecule is CCC[CH2][Sn]([CH2]CCC)([CH2]CCC)[CH](C=CCc1cc(C)c(OC)c(C(=O)OC)c1)N1CCOC1=O. The quantitative estimate of drug-likeness (QED) is 0.114. The number of ether oxygens (including phenoxy) is 3. The molecule has 1 aromatic rings. The monoisotopic (exact) mass is 609 g/mol. The number of carbonyl (C=O) groups is 2. The van der Waals surface area contributed by atoms with Crippen molar-refractivity contribution in [1.29, 1.82) is 0 Å². The van der Waals surface area contributed by atoms with E-state index in [0.717, 1.165) is 11.1 Å². The van der Waals surface area contributed by atoms with Crippen LogP contribution in [0.2, 0.25) is 13.3 Å². The summed E-state index contributed by atoms with van der Waals surface area (Å²) in [4.78, 5) is 27.2. The molecule has 1 aromatic carbocycles. The average Bonchev–Trinajstić information content (AvgIpc) is 3.31. The third-order valence-corrected chi connectivity index (χ3v) is 24.0. The van der Waals surface area contributed by atoms with Crippen molar-refractivity contribution in [2.75, 3.05) is 27.4 Å². The molecule has 0 spiro atoms. The number of unbranched alkanes of at least 4 members (excludes halogenated alkanes) is 3. The summed E-state index contributed by atoms with van der Waals surface area (Å²) in [6.07, 6.45) is 12.4. The number of nitrogens with zero attached hydrogens (tertiary/aromatic N) is 1. The maximum absolute atomic E-state index is 12.8. The first-order valence-corrected chi connectivity index (χ1v) is 21.4. The Morgan fingerprint density at radius 1 is 1.08 bits per heavy atom. The Labute approximate surface area is 222 Å². The summed E-state index contributed by atoms with van der Waals surface area (Å²) in [5.41, 5.74) is 2.39. The molecule has 6 nitrogen and oxygen atoms in total. The summed E-state index contributed by atoms with van der Waals surface area (Å²) >= 11 is -2.81. The van der Waals surface area contributed by atoms with Crippen molar-refractivity contribution in [2.24, 2.45) is 0 Å². The molecular weight excluding hydrogens is 561 g/mol. The second-order valence-corrected chi connectivity index (χ2v) is 23.8. The van der Waals surface area contributed by atoms with Crippen molar-refractivity contribution < 1.29 is 23.8 Å². The fourth-order valence-corrected chi connectivity index (χ4v) is 23.4. The second kappa shape index (κ2) is 15.5. The van der Waals surface area contributed by atoms with Crippen molar-refractivity contribution in [2.45, 2.75) is 90.0 Å². The number of rotatable bonds is 16. The first-order valence-electron chi connectivity index (χ1n) is 13.7. The summed E-state index contributed by atoms with van der Waals surface area (Å²) in [6.45, 7) is 9.94. The molecule has 7 heteroatoms. The number of hydrogen-bond acceptors (Lipinski definition) is 5. The summed E-state index contributed by atoms with van der Waals surface area (Å²) in [6, 6.07) is 3.93. The van der Waals surface area contributed by atoms with Gasteiger partial charge >= 0.3 is 223 Å². The van der Waals surface area contributed by atoms with Gasteiger partial charge in [-0.3, -0.25) is 0 Å². The number of carbonyl (C=O) groups excluding carboxylic acids is 2. The third kappa shape index (κ3) is 7.90. The van der Waals surface area contributed by atoms with E-state index in [4.69, 9.17) is 14.2 Å². The Morgan fingerprint density at radius 2 is 1.69 bits per heavy atom. The Hall–Kier alpha value is -1.70. The molecule has 1 aliphatic rings. The van der Waals surface area contributed by atoms with Crippen LogP contribution in [0.4, 0.5) is 4.79 Å². The predicted octanol–water partition coefficient (Wildman–Crippen LogP) is 7.10. The van der Waals surface area contributed by atoms with Crippen LogP contribution in [0.25, 0.3) is 0 Å². The van der Waals surface area contributed by atoms with Gasteiger partial charge in [0.25, 0.3) is 0 Å². The van der Waals surface area contributed by atoms with Gasteiger partial charge in [0.2, 0.25) is 0 Å². The van der Waals surface area contributed by atoms with Crippen molar-refractivity contribution in [1.82, 2.24) is 4.90 Å². The average molecular weight is 608 g/mol. The molecule has 1 atom stereocenters. The number of benzene rings is 1. The molecule has 1 unspecified atom stereocenters. The van der Waals surface area contributed by atoms with Crippen LogP contribution in [0.3, 0.4) is 0 Å². The van der Waals surface area contributed by atoms with E-state index in [9.17, 15) is 9.59 Å². The molecule has 0 saturated carbocycles. The van der Waals surface area contributed by atoms with Gasteiger partial charge < -0.3 is 0 Å². The van der Waals surface area contributed by atoms with Crippen LogP contribution >= 0.6 is 0 Å². The first kappa shape index (κ1) is 30.5. The van der Waals surface area contributed by atoms with E-state index >= 15 is 0 Å². The third-order valence-electron chi connectivity index (χ3n) is 7.46. The number of allylic oxidation sites excluding steroid dienone is 1. The molecule has 1 heterocycles. The Balaban J connectivity index is 2.45. The van der Waals surface area contributed by atoms with Gasteiger partial charge in [-0.15, -0.1) is 0 Å². The van der Waals surface area contributed by atoms with Crippen molar-refractivity contribution in [3.63, 3.8) is 0 Å². The topological polar surface area (TPSA) is 65.1 Å². The van der Waals surface area contributed by atoms with E-state index in [0.29, 0.717) is 30.9 Å². The Bertz CT molecular complexity index is 863. The van der Waals surface area contributed by atoms with E-state index < -0.39 is 24.3 Å². The minimum atomic E-state index is -2.81. The molecule has 202 valence electrons. The maximum atomic E-state index is 12.8. The summed E-state index contributed by atoms with van der Waals surface area (Å²) in [7, 11) is 2.96. The summed E-state index contributed by atoms with van der Waals surface area (Å²) in [5.74, 6) is 0.161. The van der Waals surface area contributed by atoms with Crippen molar-refractivity contribution in [3.8, 4) is 5.75 Å². The molecule has 1 aliphatic heterocycles. The number of esters is 1. The zero-order valence-electron chi connectivity index (χ0n) is 23.4. The normalized spacial score (nSPS) is 14.8. The molecule has 1 saturated heterocycles. The summed E-state index contributed by atoms with van der Waals surface area (Å²) in [5, 5.41) is 0. The molecule has 0 radical (unpaired) electrons. The van der Waals surface area contributed by atoms with E-state index in [1.807, 2.05) is 17.9 Å². The van der Waals surface area contributed by atoms with Gasteiger partial charge in [-0.2, -0.15) is 0 Å². The molecule has 36 heavy (non-hydrogen) atoms. The fraction of sp³-hybridized carbons (Fsp3) is 0.655. The van der Waals surface area contributed by atoms with Crippen molar-refractivity contribution >= 4 is 30.4 Å². The van der Waals surface area contributed by atoms with Gasteiger partial charge in [0.05, 0.1) is 0 Å². The van der Waals surface area contributed by atoms with Crippen LogP contribution in [-0.4, -0.2) is 66.8 Å². The van der Waals surface area contributed by atoms with E-state index in [1.54, 1.807) is 7.11 Å². The van der Waals surface area contributed by atoms with Gasteiger partial charge in [-0.25, -0.2) is 0 Å². The van der Waals surface area contributed by atoms with Crippen LogP contribution in [0.15, 0.2) is 24.3 Å². The molecule has 0 aromatic heterocycles. The van der Waals surface area contributed by atoms with E-state index in [2.05, 4.69) is 39.0 Å². The van der Waals surface area contributed by atoms with E-state index in [1.165, 1.54) is 58.9 Å². The van der Waals surface area contributed by atoms with Crippen LogP contribution in [0, 0.1) is 6.92 Å². The zero-order valence-corrected chi connectivity index (χ0v) is 26.2. The van der Waals surface area contributed by atoms with Crippen LogP contribution < -0.4 is 4.74 Å². The Kier molecular flexibility index (Phi) is 13.2. The molecule has 0 N–H and O–H groups in total. The minimum absolute atomic E-state index is 0.150. The number of hydrogen-bond donors (Lipinski definition) is 0. The van der Waals surface area contributed by atoms with Crippen molar-refractivity contribution in [3.05, 3.63) is 41.0 Å². The number of aryl methyl sites for hydroxylation is 1. The van der Waals surface area contributed by atoms with Crippen LogP contribution in [-0.2, 0) is 15.9 Å². The standard InChI is InChI=1S/C17H20NO5.3C4H9.Sn/c1-12-10-13(11-14(15(12)21-2)16(19)22-3)6-4-5-7-18-8-9-23-17(18)20;3*1-3-4-2;/h4-5,7,10-11H,6,8-9H2,1-3H3;3*1,3-4H2,2H3;. The Morgan fingerprint density at radius 3 is 2.17 bits per heavy atom. The van der Waals surface area contributed by atoms with E-state index in [-0.39, 0.29) is 10.2 Å². The van der Waals surface area contributed by atoms with Gasteiger partial charge in [0, 0.05) is 0 Å². The number of amides is 1. The number of cyclic esters (lactones) is 1. The van der Waals surface area contributed by atoms with Gasteiger partial charge in [0.15, 0.2) is 0 Å². The van der Waals surface area contributed by atoms with Crippen LogP contribution in [0.1, 0.15) is 80.8 Å². The summed E-state index contributed by atoms with van der Waals surface area (Å²) < 4.78 is 20.0. The van der Waals surface area contributed by atoms with Crippen LogP contribution in [0.5, 0.6) is 5.75 Å². The molecular formula is C29H47NO5Sn. The molecule has 1 fully saturated rings. The number of methoxy groups -OCH3 is 2. The molecule has 0 aliphatic carbocycles.